The van der Waals surface area contributed by atoms with E-state index >= 15 is 0 Å². The molecular weight excluding hydrogens is 331 g/mol. The summed E-state index contributed by atoms with van der Waals surface area (Å²) in [5.74, 6) is 0.723. The van der Waals surface area contributed by atoms with E-state index in [0.717, 1.165) is 0 Å². The van der Waals surface area contributed by atoms with Gasteiger partial charge in [-0.25, -0.2) is 4.39 Å². The lowest BCUT2D eigenvalue weighted by atomic mass is 10.2. The van der Waals surface area contributed by atoms with Crippen LogP contribution in [0.15, 0.2) is 78.9 Å². The van der Waals surface area contributed by atoms with Gasteiger partial charge in [0.1, 0.15) is 11.6 Å². The average molecular weight is 350 g/mol. The van der Waals surface area contributed by atoms with Crippen molar-refractivity contribution >= 4 is 11.6 Å². The first-order valence-electron chi connectivity index (χ1n) is 8.28. The van der Waals surface area contributed by atoms with Crippen LogP contribution in [0.5, 0.6) is 11.5 Å². The molecule has 0 aliphatic carbocycles. The van der Waals surface area contributed by atoms with E-state index in [2.05, 4.69) is 10.6 Å². The number of carbonyl (C=O) groups is 1. The van der Waals surface area contributed by atoms with E-state index in [4.69, 9.17) is 4.74 Å². The van der Waals surface area contributed by atoms with E-state index in [1.54, 1.807) is 30.3 Å². The molecule has 0 unspecified atom stereocenters. The standard InChI is InChI=1S/C21H19FN2O2/c22-18-11-5-4-8-16(18)14-23-15-21(25)24-19-12-6-7-13-20(19)26-17-9-2-1-3-10-17/h1-13,23H,14-15H2,(H,24,25). The topological polar surface area (TPSA) is 50.4 Å². The first-order chi connectivity index (χ1) is 12.7. The molecule has 4 nitrogen and oxygen atoms in total. The smallest absolute Gasteiger partial charge is 0.238 e. The molecule has 26 heavy (non-hydrogen) atoms. The van der Waals surface area contributed by atoms with Gasteiger partial charge in [-0.05, 0) is 30.3 Å². The molecule has 3 aromatic rings. The van der Waals surface area contributed by atoms with E-state index in [1.807, 2.05) is 42.5 Å². The molecule has 0 spiro atoms. The van der Waals surface area contributed by atoms with E-state index in [1.165, 1.54) is 6.07 Å². The van der Waals surface area contributed by atoms with Gasteiger partial charge in [-0.15, -0.1) is 0 Å². The molecule has 3 aromatic carbocycles. The predicted molar refractivity (Wildman–Crippen MR) is 99.7 cm³/mol. The predicted octanol–water partition coefficient (Wildman–Crippen LogP) is 4.35. The van der Waals surface area contributed by atoms with Gasteiger partial charge in [0, 0.05) is 12.1 Å². The molecule has 5 heteroatoms. The highest BCUT2D eigenvalue weighted by Crippen LogP contribution is 2.28. The van der Waals surface area contributed by atoms with Crippen LogP contribution in [0.2, 0.25) is 0 Å². The molecule has 0 fully saturated rings. The number of anilines is 1. The molecule has 0 heterocycles. The second-order valence-corrected chi connectivity index (χ2v) is 5.65. The van der Waals surface area contributed by atoms with Gasteiger partial charge in [-0.2, -0.15) is 0 Å². The molecule has 0 bridgehead atoms. The van der Waals surface area contributed by atoms with Crippen LogP contribution < -0.4 is 15.4 Å². The van der Waals surface area contributed by atoms with Crippen molar-refractivity contribution in [3.63, 3.8) is 0 Å². The van der Waals surface area contributed by atoms with Gasteiger partial charge in [0.15, 0.2) is 5.75 Å². The minimum atomic E-state index is -0.290. The Kier molecular flexibility index (Phi) is 5.96. The van der Waals surface area contributed by atoms with E-state index in [0.29, 0.717) is 22.7 Å². The Bertz CT molecular complexity index is 869. The Morgan fingerprint density at radius 2 is 1.58 bits per heavy atom. The van der Waals surface area contributed by atoms with Gasteiger partial charge in [0.25, 0.3) is 0 Å². The second-order valence-electron chi connectivity index (χ2n) is 5.65. The highest BCUT2D eigenvalue weighted by Gasteiger charge is 2.09. The summed E-state index contributed by atoms with van der Waals surface area (Å²) >= 11 is 0. The lowest BCUT2D eigenvalue weighted by molar-refractivity contribution is -0.115. The molecule has 0 aromatic heterocycles. The van der Waals surface area contributed by atoms with Crippen LogP contribution in [0.1, 0.15) is 5.56 Å². The molecule has 0 atom stereocenters. The summed E-state index contributed by atoms with van der Waals surface area (Å²) in [6.07, 6.45) is 0. The normalized spacial score (nSPS) is 10.3. The van der Waals surface area contributed by atoms with E-state index < -0.39 is 0 Å². The number of benzene rings is 3. The van der Waals surface area contributed by atoms with Gasteiger partial charge in [-0.1, -0.05) is 48.5 Å². The first kappa shape index (κ1) is 17.6. The van der Waals surface area contributed by atoms with Crippen LogP contribution in [0.3, 0.4) is 0 Å². The summed E-state index contributed by atoms with van der Waals surface area (Å²) < 4.78 is 19.4. The maximum absolute atomic E-state index is 13.6. The Morgan fingerprint density at radius 1 is 0.885 bits per heavy atom. The zero-order valence-corrected chi connectivity index (χ0v) is 14.1. The molecule has 0 radical (unpaired) electrons. The third-order valence-electron chi connectivity index (χ3n) is 3.69. The molecule has 0 saturated heterocycles. The van der Waals surface area contributed by atoms with Crippen LogP contribution in [0.25, 0.3) is 0 Å². The zero-order chi connectivity index (χ0) is 18.2. The van der Waals surface area contributed by atoms with Crippen LogP contribution in [0, 0.1) is 5.82 Å². The van der Waals surface area contributed by atoms with Crippen molar-refractivity contribution in [1.82, 2.24) is 5.32 Å². The van der Waals surface area contributed by atoms with Crippen molar-refractivity contribution in [2.75, 3.05) is 11.9 Å². The third kappa shape index (κ3) is 4.91. The zero-order valence-electron chi connectivity index (χ0n) is 14.1. The van der Waals surface area contributed by atoms with Crippen LogP contribution >= 0.6 is 0 Å². The number of amides is 1. The van der Waals surface area contributed by atoms with Crippen LogP contribution in [0.4, 0.5) is 10.1 Å². The van der Waals surface area contributed by atoms with Gasteiger partial charge in [-0.3, -0.25) is 4.79 Å². The molecule has 132 valence electrons. The highest BCUT2D eigenvalue weighted by atomic mass is 19.1. The maximum Gasteiger partial charge on any atom is 0.238 e. The van der Waals surface area contributed by atoms with Crippen molar-refractivity contribution in [2.45, 2.75) is 6.54 Å². The number of ether oxygens (including phenoxy) is 1. The number of halogens is 1. The van der Waals surface area contributed by atoms with Crippen LogP contribution in [-0.4, -0.2) is 12.5 Å². The maximum atomic E-state index is 13.6. The summed E-state index contributed by atoms with van der Waals surface area (Å²) in [5.41, 5.74) is 1.10. The first-order valence-corrected chi connectivity index (χ1v) is 8.28. The monoisotopic (exact) mass is 350 g/mol. The van der Waals surface area contributed by atoms with E-state index in [-0.39, 0.29) is 24.8 Å². The van der Waals surface area contributed by atoms with Crippen molar-refractivity contribution in [1.29, 1.82) is 0 Å². The van der Waals surface area contributed by atoms with Crippen molar-refractivity contribution in [2.24, 2.45) is 0 Å². The summed E-state index contributed by atoms with van der Waals surface area (Å²) in [5, 5.41) is 5.75. The van der Waals surface area contributed by atoms with Crippen LogP contribution in [-0.2, 0) is 11.3 Å². The number of hydrogen-bond acceptors (Lipinski definition) is 3. The fourth-order valence-corrected chi connectivity index (χ4v) is 2.42. The molecule has 0 aliphatic heterocycles. The molecule has 3 rings (SSSR count). The number of carbonyl (C=O) groups excluding carboxylic acids is 1. The minimum Gasteiger partial charge on any atom is -0.455 e. The van der Waals surface area contributed by atoms with Crippen molar-refractivity contribution in [3.05, 3.63) is 90.2 Å². The third-order valence-corrected chi connectivity index (χ3v) is 3.69. The molecule has 1 amide bonds. The molecule has 2 N–H and O–H groups in total. The fourth-order valence-electron chi connectivity index (χ4n) is 2.42. The number of para-hydroxylation sites is 3. The SMILES string of the molecule is O=C(CNCc1ccccc1F)Nc1ccccc1Oc1ccccc1. The summed E-state index contributed by atoms with van der Waals surface area (Å²) in [7, 11) is 0. The lowest BCUT2D eigenvalue weighted by Gasteiger charge is -2.12. The lowest BCUT2D eigenvalue weighted by Crippen LogP contribution is -2.28. The van der Waals surface area contributed by atoms with Crippen molar-refractivity contribution in [3.8, 4) is 11.5 Å². The second kappa shape index (κ2) is 8.78. The largest absolute Gasteiger partial charge is 0.455 e. The Morgan fingerprint density at radius 3 is 2.38 bits per heavy atom. The number of rotatable bonds is 7. The Hall–Kier alpha value is -3.18. The Balaban J connectivity index is 1.57. The Labute approximate surface area is 151 Å². The number of hydrogen-bond donors (Lipinski definition) is 2. The summed E-state index contributed by atoms with van der Waals surface area (Å²) in [6, 6.07) is 23.0. The van der Waals surface area contributed by atoms with Gasteiger partial charge >= 0.3 is 0 Å². The molecule has 0 aliphatic rings. The molecule has 0 saturated carbocycles. The average Bonchev–Trinajstić information content (AvgIpc) is 2.66. The summed E-state index contributed by atoms with van der Waals surface area (Å²) in [6.45, 7) is 0.344. The van der Waals surface area contributed by atoms with E-state index in [9.17, 15) is 9.18 Å². The van der Waals surface area contributed by atoms with Gasteiger partial charge in [0.05, 0.1) is 12.2 Å². The van der Waals surface area contributed by atoms with Gasteiger partial charge < -0.3 is 15.4 Å². The highest BCUT2D eigenvalue weighted by molar-refractivity contribution is 5.93. The fraction of sp³-hybridized carbons (Fsp3) is 0.0952. The minimum absolute atomic E-state index is 0.0635. The molecular formula is C21H19FN2O2. The van der Waals surface area contributed by atoms with Crippen molar-refractivity contribution < 1.29 is 13.9 Å². The summed E-state index contributed by atoms with van der Waals surface area (Å²) in [4.78, 5) is 12.2. The number of nitrogens with one attached hydrogen (secondary N) is 2. The van der Waals surface area contributed by atoms with Gasteiger partial charge in [0.2, 0.25) is 5.91 Å². The quantitative estimate of drug-likeness (QED) is 0.666.